The van der Waals surface area contributed by atoms with Crippen molar-refractivity contribution >= 4 is 11.9 Å². The van der Waals surface area contributed by atoms with Crippen molar-refractivity contribution in [2.75, 3.05) is 13.2 Å². The summed E-state index contributed by atoms with van der Waals surface area (Å²) in [5.41, 5.74) is 0. The summed E-state index contributed by atoms with van der Waals surface area (Å²) < 4.78 is 5.50. The van der Waals surface area contributed by atoms with Gasteiger partial charge in [0.15, 0.2) is 0 Å². The van der Waals surface area contributed by atoms with Gasteiger partial charge in [-0.15, -0.1) is 0 Å². The van der Waals surface area contributed by atoms with Gasteiger partial charge in [-0.25, -0.2) is 0 Å². The molecule has 0 aromatic rings. The first kappa shape index (κ1) is 70.6. The van der Waals surface area contributed by atoms with E-state index in [1.54, 1.807) is 6.08 Å². The maximum absolute atomic E-state index is 12.4. The summed E-state index contributed by atoms with van der Waals surface area (Å²) in [4.78, 5) is 24.5. The third-order valence-corrected chi connectivity index (χ3v) is 15.6. The van der Waals surface area contributed by atoms with Crippen LogP contribution >= 0.6 is 0 Å². The molecule has 0 fully saturated rings. The minimum atomic E-state index is -0.839. The highest BCUT2D eigenvalue weighted by Crippen LogP contribution is 2.19. The predicted octanol–water partition coefficient (Wildman–Crippen LogP) is 20.8. The number of aliphatic hydroxyl groups excluding tert-OH is 2. The van der Waals surface area contributed by atoms with Gasteiger partial charge in [-0.3, -0.25) is 9.59 Å². The SMILES string of the molecule is CCCCCCCCCC/C=C/C(O)C(CO)NC(=O)CCCCCCCCCCCCCCCCCCCCCCCCCCCCCCCCOC(=O)CCCCCCCCCCCCCCCCC. The summed E-state index contributed by atoms with van der Waals surface area (Å²) in [6.45, 7) is 4.92. The summed E-state index contributed by atoms with van der Waals surface area (Å²) in [6, 6.07) is -0.622. The van der Waals surface area contributed by atoms with Gasteiger partial charge < -0.3 is 20.3 Å². The van der Waals surface area contributed by atoms with Crippen molar-refractivity contribution in [2.45, 2.75) is 386 Å². The van der Waals surface area contributed by atoms with Gasteiger partial charge in [-0.05, 0) is 32.1 Å². The van der Waals surface area contributed by atoms with Crippen molar-refractivity contribution in [1.29, 1.82) is 0 Å². The molecule has 0 rings (SSSR count). The Bertz CT molecular complexity index is 1080. The number of nitrogens with one attached hydrogen (secondary N) is 1. The summed E-state index contributed by atoms with van der Waals surface area (Å²) in [5, 5.41) is 23.0. The Balaban J connectivity index is 3.30. The fraction of sp³-hybridized carbons (Fsp3) is 0.939. The van der Waals surface area contributed by atoms with Crippen molar-refractivity contribution in [3.05, 3.63) is 12.2 Å². The molecule has 0 aliphatic heterocycles. The van der Waals surface area contributed by atoms with Crippen LogP contribution in [0, 0.1) is 0 Å². The van der Waals surface area contributed by atoms with Gasteiger partial charge in [0.25, 0.3) is 0 Å². The number of carbonyl (C=O) groups is 2. The topological polar surface area (TPSA) is 95.9 Å². The van der Waals surface area contributed by atoms with Crippen LogP contribution in [0.25, 0.3) is 0 Å². The van der Waals surface area contributed by atoms with Crippen molar-refractivity contribution < 1.29 is 24.5 Å². The third-order valence-electron chi connectivity index (χ3n) is 15.6. The van der Waals surface area contributed by atoms with Crippen LogP contribution in [0.1, 0.15) is 373 Å². The van der Waals surface area contributed by atoms with Crippen molar-refractivity contribution in [3.63, 3.8) is 0 Å². The zero-order chi connectivity index (χ0) is 52.2. The fourth-order valence-electron chi connectivity index (χ4n) is 10.5. The van der Waals surface area contributed by atoms with Crippen molar-refractivity contribution in [3.8, 4) is 0 Å². The summed E-state index contributed by atoms with van der Waals surface area (Å²) in [7, 11) is 0. The zero-order valence-electron chi connectivity index (χ0n) is 48.9. The molecule has 0 saturated carbocycles. The molecule has 428 valence electrons. The molecule has 0 aromatic carbocycles. The molecular formula is C66H129NO5. The average molecular weight is 1020 g/mol. The number of hydrogen-bond donors (Lipinski definition) is 3. The smallest absolute Gasteiger partial charge is 0.305 e. The fourth-order valence-corrected chi connectivity index (χ4v) is 10.5. The van der Waals surface area contributed by atoms with Gasteiger partial charge in [-0.2, -0.15) is 0 Å². The van der Waals surface area contributed by atoms with E-state index >= 15 is 0 Å². The summed E-state index contributed by atoms with van der Waals surface area (Å²) in [6.07, 6.45) is 75.8. The van der Waals surface area contributed by atoms with Gasteiger partial charge in [0.2, 0.25) is 5.91 Å². The normalized spacial score (nSPS) is 12.6. The van der Waals surface area contributed by atoms with Gasteiger partial charge in [0, 0.05) is 12.8 Å². The first-order valence-corrected chi connectivity index (χ1v) is 33.0. The minimum Gasteiger partial charge on any atom is -0.466 e. The lowest BCUT2D eigenvalue weighted by atomic mass is 10.0. The van der Waals surface area contributed by atoms with E-state index in [9.17, 15) is 19.8 Å². The van der Waals surface area contributed by atoms with E-state index < -0.39 is 12.1 Å². The van der Waals surface area contributed by atoms with Crippen molar-refractivity contribution in [1.82, 2.24) is 5.32 Å². The van der Waals surface area contributed by atoms with E-state index in [0.717, 1.165) is 38.5 Å². The largest absolute Gasteiger partial charge is 0.466 e. The second-order valence-corrected chi connectivity index (χ2v) is 22.8. The van der Waals surface area contributed by atoms with Crippen LogP contribution in [-0.2, 0) is 14.3 Å². The van der Waals surface area contributed by atoms with E-state index in [2.05, 4.69) is 19.2 Å². The average Bonchev–Trinajstić information content (AvgIpc) is 3.38. The Morgan fingerprint density at radius 2 is 0.639 bits per heavy atom. The zero-order valence-corrected chi connectivity index (χ0v) is 48.9. The molecule has 6 nitrogen and oxygen atoms in total. The molecule has 2 atom stereocenters. The van der Waals surface area contributed by atoms with Crippen LogP contribution in [0.15, 0.2) is 12.2 Å². The number of aliphatic hydroxyl groups is 2. The molecule has 6 heteroatoms. The van der Waals surface area contributed by atoms with Gasteiger partial charge >= 0.3 is 5.97 Å². The highest BCUT2D eigenvalue weighted by molar-refractivity contribution is 5.76. The molecule has 0 spiro atoms. The Labute approximate surface area is 450 Å². The summed E-state index contributed by atoms with van der Waals surface area (Å²) >= 11 is 0. The molecule has 0 saturated heterocycles. The molecule has 0 aliphatic rings. The van der Waals surface area contributed by atoms with E-state index in [-0.39, 0.29) is 18.5 Å². The number of hydrogen-bond acceptors (Lipinski definition) is 5. The molecule has 0 aromatic heterocycles. The number of esters is 1. The number of amides is 1. The lowest BCUT2D eigenvalue weighted by Gasteiger charge is -2.20. The summed E-state index contributed by atoms with van der Waals surface area (Å²) in [5.74, 6) is -0.0410. The van der Waals surface area contributed by atoms with Gasteiger partial charge in [0.1, 0.15) is 0 Å². The highest BCUT2D eigenvalue weighted by atomic mass is 16.5. The number of unbranched alkanes of at least 4 members (excludes halogenated alkanes) is 51. The number of carbonyl (C=O) groups excluding carboxylic acids is 2. The van der Waals surface area contributed by atoms with Crippen LogP contribution < -0.4 is 5.32 Å². The molecule has 0 radical (unpaired) electrons. The van der Waals surface area contributed by atoms with Crippen LogP contribution in [0.5, 0.6) is 0 Å². The molecular weight excluding hydrogens is 887 g/mol. The Hall–Kier alpha value is -1.40. The van der Waals surface area contributed by atoms with Crippen molar-refractivity contribution in [2.24, 2.45) is 0 Å². The Kier molecular flexibility index (Phi) is 60.9. The maximum atomic E-state index is 12.4. The molecule has 1 amide bonds. The predicted molar refractivity (Wildman–Crippen MR) is 315 cm³/mol. The second kappa shape index (κ2) is 62.1. The molecule has 3 N–H and O–H groups in total. The first-order chi connectivity index (χ1) is 35.5. The Morgan fingerprint density at radius 3 is 0.944 bits per heavy atom. The number of allylic oxidation sites excluding steroid dienone is 1. The first-order valence-electron chi connectivity index (χ1n) is 33.0. The molecule has 0 bridgehead atoms. The molecule has 0 aliphatic carbocycles. The van der Waals surface area contributed by atoms with Crippen LogP contribution in [0.3, 0.4) is 0 Å². The third kappa shape index (κ3) is 57.9. The minimum absolute atomic E-state index is 0.0233. The second-order valence-electron chi connectivity index (χ2n) is 22.8. The lowest BCUT2D eigenvalue weighted by molar-refractivity contribution is -0.143. The van der Waals surface area contributed by atoms with Crippen LogP contribution in [0.4, 0.5) is 0 Å². The standard InChI is InChI=1S/C66H129NO5/c1-3-5-7-9-11-13-15-16-33-37-40-44-48-52-56-60-66(71)72-61-57-53-49-45-41-38-35-32-30-28-26-24-22-20-18-17-19-21-23-25-27-29-31-34-36-39-43-47-51-55-59-65(70)67-63(62-68)64(69)58-54-50-46-42-14-12-10-8-6-4-2/h54,58,63-64,68-69H,3-53,55-57,59-62H2,1-2H3,(H,67,70)/b58-54+. The van der Waals surface area contributed by atoms with Gasteiger partial charge in [-0.1, -0.05) is 341 Å². The van der Waals surface area contributed by atoms with E-state index in [4.69, 9.17) is 4.74 Å². The lowest BCUT2D eigenvalue weighted by Crippen LogP contribution is -2.45. The van der Waals surface area contributed by atoms with E-state index in [1.807, 2.05) is 6.08 Å². The monoisotopic (exact) mass is 1020 g/mol. The number of ether oxygens (including phenoxy) is 1. The molecule has 2 unspecified atom stereocenters. The quantitative estimate of drug-likeness (QED) is 0.0320. The van der Waals surface area contributed by atoms with Gasteiger partial charge in [0.05, 0.1) is 25.4 Å². The van der Waals surface area contributed by atoms with Crippen LogP contribution in [-0.4, -0.2) is 47.4 Å². The molecule has 0 heterocycles. The van der Waals surface area contributed by atoms with Crippen LogP contribution in [0.2, 0.25) is 0 Å². The maximum Gasteiger partial charge on any atom is 0.305 e. The van der Waals surface area contributed by atoms with E-state index in [0.29, 0.717) is 19.4 Å². The highest BCUT2D eigenvalue weighted by Gasteiger charge is 2.18. The number of rotatable bonds is 62. The Morgan fingerprint density at radius 1 is 0.375 bits per heavy atom. The van der Waals surface area contributed by atoms with E-state index in [1.165, 1.54) is 308 Å². The molecule has 72 heavy (non-hydrogen) atoms.